The molecule has 2 heterocycles. The van der Waals surface area contributed by atoms with Crippen LogP contribution in [-0.2, 0) is 11.2 Å². The summed E-state index contributed by atoms with van der Waals surface area (Å²) in [7, 11) is 1.64. The van der Waals surface area contributed by atoms with Crippen molar-refractivity contribution < 1.29 is 14.3 Å². The van der Waals surface area contributed by atoms with Gasteiger partial charge in [0.2, 0.25) is 0 Å². The lowest BCUT2D eigenvalue weighted by molar-refractivity contribution is -0.137. The Morgan fingerprint density at radius 2 is 2.00 bits per heavy atom. The lowest BCUT2D eigenvalue weighted by Crippen LogP contribution is -2.49. The summed E-state index contributed by atoms with van der Waals surface area (Å²) in [6.07, 6.45) is 0.665. The third kappa shape index (κ3) is 3.27. The van der Waals surface area contributed by atoms with Gasteiger partial charge in [0.1, 0.15) is 11.5 Å². The second-order valence-electron chi connectivity index (χ2n) is 7.04. The van der Waals surface area contributed by atoms with Gasteiger partial charge in [0.15, 0.2) is 0 Å². The highest BCUT2D eigenvalue weighted by Crippen LogP contribution is 2.36. The molecule has 0 radical (unpaired) electrons. The van der Waals surface area contributed by atoms with Crippen molar-refractivity contribution in [1.82, 2.24) is 5.32 Å². The van der Waals surface area contributed by atoms with Gasteiger partial charge in [-0.05, 0) is 42.7 Å². The molecule has 2 aromatic rings. The minimum absolute atomic E-state index is 0.187. The topological polar surface area (TPSA) is 50.8 Å². The number of benzene rings is 2. The molecule has 136 valence electrons. The zero-order valence-corrected chi connectivity index (χ0v) is 15.2. The van der Waals surface area contributed by atoms with Crippen LogP contribution >= 0.6 is 0 Å². The molecule has 5 heteroatoms. The van der Waals surface area contributed by atoms with E-state index in [4.69, 9.17) is 9.47 Å². The SMILES string of the molecule is COc1ccc(C2Cc3ccc(N4CCN[C@@H](C)C4)cc3OC2=O)cc1. The highest BCUT2D eigenvalue weighted by Gasteiger charge is 2.30. The molecule has 2 aromatic carbocycles. The molecular formula is C21H24N2O3. The molecule has 0 saturated carbocycles. The fourth-order valence-electron chi connectivity index (χ4n) is 3.74. The van der Waals surface area contributed by atoms with Crippen LogP contribution in [-0.4, -0.2) is 38.8 Å². The molecule has 5 nitrogen and oxygen atoms in total. The Morgan fingerprint density at radius 1 is 1.19 bits per heavy atom. The maximum Gasteiger partial charge on any atom is 0.319 e. The van der Waals surface area contributed by atoms with E-state index in [1.165, 1.54) is 0 Å². The second kappa shape index (κ2) is 7.00. The molecule has 4 rings (SSSR count). The largest absolute Gasteiger partial charge is 0.497 e. The predicted octanol–water partition coefficient (Wildman–Crippen LogP) is 2.74. The number of carbonyl (C=O) groups excluding carboxylic acids is 1. The fourth-order valence-corrected chi connectivity index (χ4v) is 3.74. The molecular weight excluding hydrogens is 328 g/mol. The number of anilines is 1. The normalized spacial score (nSPS) is 22.5. The number of rotatable bonds is 3. The van der Waals surface area contributed by atoms with Crippen molar-refractivity contribution in [3.8, 4) is 11.5 Å². The minimum atomic E-state index is -0.265. The molecule has 1 N–H and O–H groups in total. The number of hydrogen-bond donors (Lipinski definition) is 1. The molecule has 0 spiro atoms. The van der Waals surface area contributed by atoms with Gasteiger partial charge in [-0.25, -0.2) is 0 Å². The first-order valence-corrected chi connectivity index (χ1v) is 9.11. The van der Waals surface area contributed by atoms with Crippen LogP contribution in [0.4, 0.5) is 5.69 Å². The Bertz CT molecular complexity index is 803. The molecule has 2 aliphatic heterocycles. The summed E-state index contributed by atoms with van der Waals surface area (Å²) < 4.78 is 10.9. The molecule has 1 saturated heterocycles. The Morgan fingerprint density at radius 3 is 2.73 bits per heavy atom. The van der Waals surface area contributed by atoms with Crippen molar-refractivity contribution in [1.29, 1.82) is 0 Å². The molecule has 0 aromatic heterocycles. The number of nitrogens with one attached hydrogen (secondary N) is 1. The summed E-state index contributed by atoms with van der Waals surface area (Å²) in [5.41, 5.74) is 3.16. The van der Waals surface area contributed by atoms with Gasteiger partial charge >= 0.3 is 5.97 Å². The van der Waals surface area contributed by atoms with Gasteiger partial charge in [-0.15, -0.1) is 0 Å². The van der Waals surface area contributed by atoms with Crippen LogP contribution < -0.4 is 19.7 Å². The number of nitrogens with zero attached hydrogens (tertiary/aromatic N) is 1. The first-order valence-electron chi connectivity index (χ1n) is 9.11. The van der Waals surface area contributed by atoms with Gasteiger partial charge in [-0.3, -0.25) is 4.79 Å². The summed E-state index contributed by atoms with van der Waals surface area (Å²) in [5.74, 6) is 1.03. The second-order valence-corrected chi connectivity index (χ2v) is 7.04. The van der Waals surface area contributed by atoms with Crippen molar-refractivity contribution in [3.05, 3.63) is 53.6 Å². The van der Waals surface area contributed by atoms with E-state index < -0.39 is 0 Å². The molecule has 0 aliphatic carbocycles. The zero-order valence-electron chi connectivity index (χ0n) is 15.2. The fraction of sp³-hybridized carbons (Fsp3) is 0.381. The van der Waals surface area contributed by atoms with E-state index in [1.807, 2.05) is 30.3 Å². The Balaban J connectivity index is 1.56. The summed E-state index contributed by atoms with van der Waals surface area (Å²) in [6, 6.07) is 14.3. The zero-order chi connectivity index (χ0) is 18.1. The Hall–Kier alpha value is -2.53. The number of ether oxygens (including phenoxy) is 2. The highest BCUT2D eigenvalue weighted by molar-refractivity contribution is 5.83. The van der Waals surface area contributed by atoms with E-state index in [1.54, 1.807) is 7.11 Å². The number of piperazine rings is 1. The van der Waals surface area contributed by atoms with Gasteiger partial charge in [0.05, 0.1) is 13.0 Å². The summed E-state index contributed by atoms with van der Waals surface area (Å²) in [6.45, 7) is 5.08. The van der Waals surface area contributed by atoms with Crippen LogP contribution in [0.5, 0.6) is 11.5 Å². The third-order valence-corrected chi connectivity index (χ3v) is 5.22. The van der Waals surface area contributed by atoms with Crippen LogP contribution in [0.2, 0.25) is 0 Å². The maximum absolute atomic E-state index is 12.6. The van der Waals surface area contributed by atoms with Crippen molar-refractivity contribution in [2.75, 3.05) is 31.6 Å². The van der Waals surface area contributed by atoms with Crippen molar-refractivity contribution >= 4 is 11.7 Å². The monoisotopic (exact) mass is 352 g/mol. The first kappa shape index (κ1) is 16.9. The lowest BCUT2D eigenvalue weighted by Gasteiger charge is -2.34. The summed E-state index contributed by atoms with van der Waals surface area (Å²) in [5, 5.41) is 3.45. The van der Waals surface area contributed by atoms with Crippen LogP contribution in [0.25, 0.3) is 0 Å². The maximum atomic E-state index is 12.6. The van der Waals surface area contributed by atoms with Gasteiger partial charge in [0.25, 0.3) is 0 Å². The predicted molar refractivity (Wildman–Crippen MR) is 101 cm³/mol. The molecule has 2 aliphatic rings. The van der Waals surface area contributed by atoms with Gasteiger partial charge in [-0.2, -0.15) is 0 Å². The number of hydrogen-bond acceptors (Lipinski definition) is 5. The van der Waals surface area contributed by atoms with Crippen LogP contribution in [0.1, 0.15) is 24.0 Å². The van der Waals surface area contributed by atoms with E-state index in [9.17, 15) is 4.79 Å². The van der Waals surface area contributed by atoms with Gasteiger partial charge < -0.3 is 19.7 Å². The molecule has 1 unspecified atom stereocenters. The van der Waals surface area contributed by atoms with Crippen molar-refractivity contribution in [3.63, 3.8) is 0 Å². The molecule has 2 atom stereocenters. The number of methoxy groups -OCH3 is 1. The molecule has 0 bridgehead atoms. The van der Waals surface area contributed by atoms with Gasteiger partial charge in [-0.1, -0.05) is 18.2 Å². The van der Waals surface area contributed by atoms with Gasteiger partial charge in [0, 0.05) is 37.4 Å². The molecule has 26 heavy (non-hydrogen) atoms. The number of esters is 1. The lowest BCUT2D eigenvalue weighted by atomic mass is 9.89. The van der Waals surface area contributed by atoms with E-state index in [0.29, 0.717) is 18.2 Å². The van der Waals surface area contributed by atoms with Crippen LogP contribution in [0, 0.1) is 0 Å². The van der Waals surface area contributed by atoms with E-state index >= 15 is 0 Å². The Labute approximate surface area is 153 Å². The average Bonchev–Trinajstić information content (AvgIpc) is 2.67. The molecule has 1 fully saturated rings. The van der Waals surface area contributed by atoms with Crippen LogP contribution in [0.3, 0.4) is 0 Å². The first-order chi connectivity index (χ1) is 12.6. The third-order valence-electron chi connectivity index (χ3n) is 5.22. The van der Waals surface area contributed by atoms with Crippen molar-refractivity contribution in [2.24, 2.45) is 0 Å². The Kier molecular flexibility index (Phi) is 4.55. The van der Waals surface area contributed by atoms with E-state index in [2.05, 4.69) is 29.3 Å². The average molecular weight is 352 g/mol. The van der Waals surface area contributed by atoms with Crippen molar-refractivity contribution in [2.45, 2.75) is 25.3 Å². The van der Waals surface area contributed by atoms with E-state index in [0.717, 1.165) is 42.2 Å². The molecule has 0 amide bonds. The van der Waals surface area contributed by atoms with Crippen LogP contribution in [0.15, 0.2) is 42.5 Å². The van der Waals surface area contributed by atoms with E-state index in [-0.39, 0.29) is 11.9 Å². The summed E-state index contributed by atoms with van der Waals surface area (Å²) in [4.78, 5) is 14.9. The quantitative estimate of drug-likeness (QED) is 0.680. The highest BCUT2D eigenvalue weighted by atomic mass is 16.5. The number of carbonyl (C=O) groups is 1. The minimum Gasteiger partial charge on any atom is -0.497 e. The smallest absolute Gasteiger partial charge is 0.319 e. The number of fused-ring (bicyclic) bond motifs is 1. The summed E-state index contributed by atoms with van der Waals surface area (Å²) >= 11 is 0. The standard InChI is InChI=1S/C21H24N2O3/c1-14-13-23(10-9-22-14)17-6-3-16-11-19(21(24)26-20(16)12-17)15-4-7-18(25-2)8-5-15/h3-8,12,14,19,22H,9-11,13H2,1-2H3/t14-,19?/m0/s1.